The number of carbonyl (C=O) groups is 1. The molecule has 4 heteroatoms. The average molecular weight is 209 g/mol. The number of ether oxygens (including phenoxy) is 1. The highest BCUT2D eigenvalue weighted by Crippen LogP contribution is 2.30. The smallest absolute Gasteiger partial charge is 0.310 e. The van der Waals surface area contributed by atoms with Crippen LogP contribution in [0.4, 0.5) is 0 Å². The van der Waals surface area contributed by atoms with Crippen LogP contribution in [0.2, 0.25) is 0 Å². The van der Waals surface area contributed by atoms with E-state index in [1.54, 1.807) is 0 Å². The van der Waals surface area contributed by atoms with Crippen LogP contribution in [-0.4, -0.2) is 26.2 Å². The van der Waals surface area contributed by atoms with Gasteiger partial charge in [-0.05, 0) is 19.1 Å². The molecule has 0 spiro atoms. The molecule has 2 rings (SSSR count). The second kappa shape index (κ2) is 4.06. The number of aryl methyl sites for hydroxylation is 1. The minimum atomic E-state index is -0.168. The molecule has 1 aromatic rings. The molecular weight excluding hydrogens is 194 g/mol. The summed E-state index contributed by atoms with van der Waals surface area (Å²) in [5.74, 6) is 1.55. The third-order valence-electron chi connectivity index (χ3n) is 2.84. The predicted octanol–water partition coefficient (Wildman–Crippen LogP) is 1.06. The minimum Gasteiger partial charge on any atom is -0.469 e. The van der Waals surface area contributed by atoms with E-state index in [4.69, 9.17) is 9.15 Å². The molecule has 0 radical (unpaired) electrons. The molecule has 0 aromatic carbocycles. The van der Waals surface area contributed by atoms with Crippen molar-refractivity contribution in [3.63, 3.8) is 0 Å². The summed E-state index contributed by atoms with van der Waals surface area (Å²) in [5, 5.41) is 3.18. The molecule has 0 aliphatic carbocycles. The molecule has 4 nitrogen and oxygen atoms in total. The van der Waals surface area contributed by atoms with Crippen LogP contribution in [0.15, 0.2) is 16.5 Å². The summed E-state index contributed by atoms with van der Waals surface area (Å²) in [4.78, 5) is 11.5. The molecule has 1 aromatic heterocycles. The lowest BCUT2D eigenvalue weighted by atomic mass is 9.94. The summed E-state index contributed by atoms with van der Waals surface area (Å²) < 4.78 is 10.3. The molecule has 2 atom stereocenters. The van der Waals surface area contributed by atoms with E-state index in [0.29, 0.717) is 6.54 Å². The fourth-order valence-corrected chi connectivity index (χ4v) is 2.03. The van der Waals surface area contributed by atoms with Gasteiger partial charge in [-0.25, -0.2) is 0 Å². The Morgan fingerprint density at radius 3 is 2.93 bits per heavy atom. The highest BCUT2D eigenvalue weighted by molar-refractivity contribution is 5.74. The van der Waals surface area contributed by atoms with Gasteiger partial charge in [-0.1, -0.05) is 0 Å². The number of rotatable bonds is 2. The zero-order chi connectivity index (χ0) is 10.8. The Kier molecular flexibility index (Phi) is 2.77. The Bertz CT molecular complexity index is 358. The number of hydrogen-bond acceptors (Lipinski definition) is 4. The molecule has 1 saturated heterocycles. The van der Waals surface area contributed by atoms with E-state index in [2.05, 4.69) is 5.32 Å². The molecule has 2 heterocycles. The Balaban J connectivity index is 2.18. The number of methoxy groups -OCH3 is 1. The molecular formula is C11H15NO3. The quantitative estimate of drug-likeness (QED) is 0.740. The van der Waals surface area contributed by atoms with Gasteiger partial charge in [0.05, 0.1) is 13.0 Å². The maximum Gasteiger partial charge on any atom is 0.310 e. The highest BCUT2D eigenvalue weighted by Gasteiger charge is 2.36. The zero-order valence-corrected chi connectivity index (χ0v) is 8.95. The minimum absolute atomic E-state index is 0.103. The van der Waals surface area contributed by atoms with Crippen molar-refractivity contribution in [3.05, 3.63) is 23.7 Å². The van der Waals surface area contributed by atoms with Crippen molar-refractivity contribution in [1.82, 2.24) is 5.32 Å². The maximum absolute atomic E-state index is 11.5. The van der Waals surface area contributed by atoms with E-state index >= 15 is 0 Å². The van der Waals surface area contributed by atoms with Gasteiger partial charge in [0.25, 0.3) is 0 Å². The number of furan rings is 1. The summed E-state index contributed by atoms with van der Waals surface area (Å²) in [7, 11) is 1.42. The molecule has 0 bridgehead atoms. The molecule has 1 aliphatic heterocycles. The van der Waals surface area contributed by atoms with Gasteiger partial charge in [0.1, 0.15) is 11.5 Å². The van der Waals surface area contributed by atoms with Crippen molar-refractivity contribution in [3.8, 4) is 0 Å². The molecule has 82 valence electrons. The van der Waals surface area contributed by atoms with Gasteiger partial charge < -0.3 is 14.5 Å². The van der Waals surface area contributed by atoms with E-state index in [0.717, 1.165) is 18.1 Å². The van der Waals surface area contributed by atoms with Crippen molar-refractivity contribution >= 4 is 5.97 Å². The molecule has 1 fully saturated rings. The van der Waals surface area contributed by atoms with Gasteiger partial charge in [0, 0.05) is 19.0 Å². The monoisotopic (exact) mass is 209 g/mol. The highest BCUT2D eigenvalue weighted by atomic mass is 16.5. The van der Waals surface area contributed by atoms with Crippen molar-refractivity contribution in [2.24, 2.45) is 5.92 Å². The molecule has 1 N–H and O–H groups in total. The summed E-state index contributed by atoms with van der Waals surface area (Å²) in [6.45, 7) is 3.34. The fourth-order valence-electron chi connectivity index (χ4n) is 2.03. The average Bonchev–Trinajstić information content (AvgIpc) is 2.84. The van der Waals surface area contributed by atoms with Crippen LogP contribution in [-0.2, 0) is 9.53 Å². The standard InChI is InChI=1S/C11H15NO3/c1-7-3-4-10(15-7)8-5-12-6-9(8)11(13)14-2/h3-4,8-9,12H,5-6H2,1-2H3/t8-,9+/m1/s1. The third-order valence-corrected chi connectivity index (χ3v) is 2.84. The van der Waals surface area contributed by atoms with Crippen LogP contribution in [0, 0.1) is 12.8 Å². The van der Waals surface area contributed by atoms with Crippen LogP contribution >= 0.6 is 0 Å². The maximum atomic E-state index is 11.5. The topological polar surface area (TPSA) is 51.5 Å². The largest absolute Gasteiger partial charge is 0.469 e. The fraction of sp³-hybridized carbons (Fsp3) is 0.545. The van der Waals surface area contributed by atoms with Crippen molar-refractivity contribution in [2.75, 3.05) is 20.2 Å². The molecule has 0 unspecified atom stereocenters. The van der Waals surface area contributed by atoms with E-state index in [1.807, 2.05) is 19.1 Å². The van der Waals surface area contributed by atoms with Crippen molar-refractivity contribution in [2.45, 2.75) is 12.8 Å². The zero-order valence-electron chi connectivity index (χ0n) is 8.95. The number of nitrogens with one attached hydrogen (secondary N) is 1. The van der Waals surface area contributed by atoms with Gasteiger partial charge in [-0.3, -0.25) is 4.79 Å². The third kappa shape index (κ3) is 1.90. The first-order valence-corrected chi connectivity index (χ1v) is 5.07. The van der Waals surface area contributed by atoms with E-state index in [9.17, 15) is 4.79 Å². The van der Waals surface area contributed by atoms with Crippen LogP contribution in [0.25, 0.3) is 0 Å². The second-order valence-electron chi connectivity index (χ2n) is 3.84. The number of hydrogen-bond donors (Lipinski definition) is 1. The van der Waals surface area contributed by atoms with Crippen LogP contribution in [0.5, 0.6) is 0 Å². The van der Waals surface area contributed by atoms with Crippen LogP contribution in [0.3, 0.4) is 0 Å². The summed E-state index contributed by atoms with van der Waals surface area (Å²) in [6, 6.07) is 3.85. The Labute approximate surface area is 88.6 Å². The molecule has 0 amide bonds. The first-order valence-electron chi connectivity index (χ1n) is 5.07. The van der Waals surface area contributed by atoms with Gasteiger partial charge in [-0.15, -0.1) is 0 Å². The van der Waals surface area contributed by atoms with Gasteiger partial charge >= 0.3 is 5.97 Å². The summed E-state index contributed by atoms with van der Waals surface area (Å²) in [6.07, 6.45) is 0. The Hall–Kier alpha value is -1.29. The first kappa shape index (κ1) is 10.2. The van der Waals surface area contributed by atoms with Gasteiger partial charge in [0.2, 0.25) is 0 Å². The van der Waals surface area contributed by atoms with E-state index in [1.165, 1.54) is 7.11 Å². The van der Waals surface area contributed by atoms with E-state index in [-0.39, 0.29) is 17.8 Å². The molecule has 0 saturated carbocycles. The van der Waals surface area contributed by atoms with Crippen LogP contribution in [0.1, 0.15) is 17.4 Å². The first-order chi connectivity index (χ1) is 7.22. The lowest BCUT2D eigenvalue weighted by Crippen LogP contribution is -2.22. The predicted molar refractivity (Wildman–Crippen MR) is 54.6 cm³/mol. The summed E-state index contributed by atoms with van der Waals surface area (Å²) in [5.41, 5.74) is 0. The van der Waals surface area contributed by atoms with Crippen molar-refractivity contribution in [1.29, 1.82) is 0 Å². The number of carbonyl (C=O) groups excluding carboxylic acids is 1. The SMILES string of the molecule is COC(=O)[C@H]1CNC[C@H]1c1ccc(C)o1. The molecule has 1 aliphatic rings. The Morgan fingerprint density at radius 1 is 1.53 bits per heavy atom. The lowest BCUT2D eigenvalue weighted by Gasteiger charge is -2.13. The second-order valence-corrected chi connectivity index (χ2v) is 3.84. The van der Waals surface area contributed by atoms with Crippen LogP contribution < -0.4 is 5.32 Å². The normalized spacial score (nSPS) is 25.5. The van der Waals surface area contributed by atoms with E-state index < -0.39 is 0 Å². The number of esters is 1. The van der Waals surface area contributed by atoms with Gasteiger partial charge in [-0.2, -0.15) is 0 Å². The Morgan fingerprint density at radius 2 is 2.33 bits per heavy atom. The molecule has 15 heavy (non-hydrogen) atoms. The van der Waals surface area contributed by atoms with Crippen molar-refractivity contribution < 1.29 is 13.9 Å². The lowest BCUT2D eigenvalue weighted by molar-refractivity contribution is -0.145. The van der Waals surface area contributed by atoms with Gasteiger partial charge in [0.15, 0.2) is 0 Å². The summed E-state index contributed by atoms with van der Waals surface area (Å²) >= 11 is 0.